The minimum Gasteiger partial charge on any atom is -0.444 e. The highest BCUT2D eigenvalue weighted by molar-refractivity contribution is 7.89. The van der Waals surface area contributed by atoms with Crippen LogP contribution in [-0.4, -0.2) is 48.1 Å². The molecule has 2 heterocycles. The van der Waals surface area contributed by atoms with Gasteiger partial charge in [0.05, 0.1) is 0 Å². The van der Waals surface area contributed by atoms with Crippen molar-refractivity contribution >= 4 is 21.9 Å². The van der Waals surface area contributed by atoms with Gasteiger partial charge < -0.3 is 15.0 Å². The molecule has 1 aliphatic heterocycles. The summed E-state index contributed by atoms with van der Waals surface area (Å²) in [6.07, 6.45) is 4.39. The first-order chi connectivity index (χ1) is 13.3. The number of likely N-dealkylation sites (tertiary alicyclic amines) is 1. The van der Waals surface area contributed by atoms with Gasteiger partial charge in [-0.3, -0.25) is 0 Å². The second-order valence-electron chi connectivity index (χ2n) is 9.18. The van der Waals surface area contributed by atoms with Gasteiger partial charge in [-0.15, -0.1) is 0 Å². The molecule has 1 unspecified atom stereocenters. The number of hydrogen-bond donors (Lipinski definition) is 2. The van der Waals surface area contributed by atoms with E-state index >= 15 is 0 Å². The Balaban J connectivity index is 1.84. The van der Waals surface area contributed by atoms with Gasteiger partial charge in [-0.2, -0.15) is 0 Å². The zero-order valence-corrected chi connectivity index (χ0v) is 18.9. The molecule has 0 bridgehead atoms. The minimum atomic E-state index is -3.81. The van der Waals surface area contributed by atoms with Crippen molar-refractivity contribution in [2.75, 3.05) is 11.9 Å². The third kappa shape index (κ3) is 6.85. The lowest BCUT2D eigenvalue weighted by molar-refractivity contribution is 0.00285. The summed E-state index contributed by atoms with van der Waals surface area (Å²) < 4.78 is 28.4. The number of carbonyl (C=O) groups is 1. The van der Waals surface area contributed by atoms with Crippen LogP contribution in [0.4, 0.5) is 10.6 Å². The van der Waals surface area contributed by atoms with Crippen LogP contribution in [0.25, 0.3) is 0 Å². The maximum Gasteiger partial charge on any atom is 0.410 e. The number of pyridine rings is 1. The van der Waals surface area contributed by atoms with Crippen LogP contribution in [-0.2, 0) is 14.8 Å². The standard InChI is InChI=1S/C20H34N4O4S/c1-19(2,3)28-18(25)24-15(12-13-20(24,4)5)9-6-7-14-22-16-10-8-11-17(23-16)29(21,26)27/h8,10-11,15H,6-7,9,12-14H2,1-5H3,(H,22,23)(H2,21,26,27). The quantitative estimate of drug-likeness (QED) is 0.645. The number of anilines is 1. The van der Waals surface area contributed by atoms with Crippen molar-refractivity contribution < 1.29 is 17.9 Å². The molecule has 0 aliphatic carbocycles. The molecule has 1 aromatic rings. The normalized spacial score (nSPS) is 19.2. The van der Waals surface area contributed by atoms with Crippen LogP contribution in [0.15, 0.2) is 23.2 Å². The highest BCUT2D eigenvalue weighted by Crippen LogP contribution is 2.36. The molecular formula is C20H34N4O4S. The molecule has 1 aromatic heterocycles. The number of amides is 1. The van der Waals surface area contributed by atoms with Crippen LogP contribution >= 0.6 is 0 Å². The van der Waals surface area contributed by atoms with Gasteiger partial charge in [-0.1, -0.05) is 6.07 Å². The van der Waals surface area contributed by atoms with Gasteiger partial charge in [0.25, 0.3) is 10.0 Å². The van der Waals surface area contributed by atoms with E-state index in [1.807, 2.05) is 25.7 Å². The molecule has 9 heteroatoms. The second kappa shape index (κ2) is 8.87. The summed E-state index contributed by atoms with van der Waals surface area (Å²) in [5.74, 6) is 0.480. The fourth-order valence-corrected chi connectivity index (χ4v) is 4.13. The molecular weight excluding hydrogens is 392 g/mol. The summed E-state index contributed by atoms with van der Waals surface area (Å²) in [6, 6.07) is 4.85. The van der Waals surface area contributed by atoms with Gasteiger partial charge in [-0.05, 0) is 78.9 Å². The predicted octanol–water partition coefficient (Wildman–Crippen LogP) is 3.49. The highest BCUT2D eigenvalue weighted by atomic mass is 32.2. The zero-order chi connectivity index (χ0) is 21.9. The second-order valence-corrected chi connectivity index (χ2v) is 10.7. The van der Waals surface area contributed by atoms with Crippen molar-refractivity contribution in [3.8, 4) is 0 Å². The van der Waals surface area contributed by atoms with E-state index in [4.69, 9.17) is 9.88 Å². The zero-order valence-electron chi connectivity index (χ0n) is 18.1. The Morgan fingerprint density at radius 3 is 2.66 bits per heavy atom. The number of ether oxygens (including phenoxy) is 1. The van der Waals surface area contributed by atoms with Crippen LogP contribution in [0.2, 0.25) is 0 Å². The molecule has 1 atom stereocenters. The predicted molar refractivity (Wildman–Crippen MR) is 113 cm³/mol. The molecule has 0 radical (unpaired) electrons. The highest BCUT2D eigenvalue weighted by Gasteiger charge is 2.43. The number of nitrogens with zero attached hydrogens (tertiary/aromatic N) is 2. The maximum atomic E-state index is 12.7. The minimum absolute atomic E-state index is 0.149. The van der Waals surface area contributed by atoms with E-state index in [2.05, 4.69) is 24.1 Å². The Labute approximate surface area is 174 Å². The first-order valence-corrected chi connectivity index (χ1v) is 11.6. The number of sulfonamides is 1. The summed E-state index contributed by atoms with van der Waals surface area (Å²) >= 11 is 0. The largest absolute Gasteiger partial charge is 0.444 e. The first-order valence-electron chi connectivity index (χ1n) is 10.1. The smallest absolute Gasteiger partial charge is 0.410 e. The van der Waals surface area contributed by atoms with Gasteiger partial charge in [-0.25, -0.2) is 23.3 Å². The van der Waals surface area contributed by atoms with E-state index in [-0.39, 0.29) is 22.7 Å². The van der Waals surface area contributed by atoms with E-state index in [1.54, 1.807) is 12.1 Å². The molecule has 0 saturated carbocycles. The Hall–Kier alpha value is -1.87. The monoisotopic (exact) mass is 426 g/mol. The van der Waals surface area contributed by atoms with Crippen molar-refractivity contribution in [2.24, 2.45) is 5.14 Å². The molecule has 8 nitrogen and oxygen atoms in total. The van der Waals surface area contributed by atoms with Gasteiger partial charge in [0, 0.05) is 18.1 Å². The summed E-state index contributed by atoms with van der Waals surface area (Å²) in [7, 11) is -3.81. The van der Waals surface area contributed by atoms with Gasteiger partial charge >= 0.3 is 6.09 Å². The molecule has 164 valence electrons. The summed E-state index contributed by atoms with van der Waals surface area (Å²) in [5.41, 5.74) is -0.716. The summed E-state index contributed by atoms with van der Waals surface area (Å²) in [5, 5.41) is 8.09. The van der Waals surface area contributed by atoms with E-state index in [9.17, 15) is 13.2 Å². The average Bonchev–Trinajstić information content (AvgIpc) is 2.87. The van der Waals surface area contributed by atoms with E-state index in [1.165, 1.54) is 6.07 Å². The molecule has 1 aliphatic rings. The van der Waals surface area contributed by atoms with Crippen LogP contribution in [0, 0.1) is 0 Å². The maximum absolute atomic E-state index is 12.7. The van der Waals surface area contributed by atoms with Crippen LogP contribution in [0.5, 0.6) is 0 Å². The van der Waals surface area contributed by atoms with Crippen molar-refractivity contribution in [1.82, 2.24) is 9.88 Å². The lowest BCUT2D eigenvalue weighted by Gasteiger charge is -2.37. The lowest BCUT2D eigenvalue weighted by Crippen LogP contribution is -2.49. The molecule has 1 fully saturated rings. The van der Waals surface area contributed by atoms with Crippen LogP contribution in [0.1, 0.15) is 66.7 Å². The number of carbonyl (C=O) groups excluding carboxylic acids is 1. The Bertz CT molecular complexity index is 818. The Kier molecular flexibility index (Phi) is 7.16. The SMILES string of the molecule is CC(C)(C)OC(=O)N1C(CCCCNc2cccc(S(N)(=O)=O)n2)CCC1(C)C. The van der Waals surface area contributed by atoms with Crippen LogP contribution in [0.3, 0.4) is 0 Å². The number of unbranched alkanes of at least 4 members (excludes halogenated alkanes) is 1. The Morgan fingerprint density at radius 2 is 2.03 bits per heavy atom. The molecule has 2 rings (SSSR count). The number of primary sulfonamides is 1. The van der Waals surface area contributed by atoms with Gasteiger partial charge in [0.1, 0.15) is 11.4 Å². The lowest BCUT2D eigenvalue weighted by atomic mass is 10.0. The molecule has 3 N–H and O–H groups in total. The molecule has 0 spiro atoms. The Morgan fingerprint density at radius 1 is 1.34 bits per heavy atom. The van der Waals surface area contributed by atoms with Crippen molar-refractivity contribution in [3.63, 3.8) is 0 Å². The van der Waals surface area contributed by atoms with E-state index < -0.39 is 15.6 Å². The van der Waals surface area contributed by atoms with E-state index in [0.29, 0.717) is 12.4 Å². The summed E-state index contributed by atoms with van der Waals surface area (Å²) in [6.45, 7) is 10.5. The molecule has 0 aromatic carbocycles. The molecule has 29 heavy (non-hydrogen) atoms. The first kappa shape index (κ1) is 23.4. The summed E-state index contributed by atoms with van der Waals surface area (Å²) in [4.78, 5) is 18.6. The van der Waals surface area contributed by atoms with Crippen molar-refractivity contribution in [3.05, 3.63) is 18.2 Å². The topological polar surface area (TPSA) is 115 Å². The number of aromatic nitrogens is 1. The molecule has 1 saturated heterocycles. The van der Waals surface area contributed by atoms with Crippen LogP contribution < -0.4 is 10.5 Å². The average molecular weight is 427 g/mol. The number of rotatable bonds is 7. The third-order valence-corrected chi connectivity index (χ3v) is 5.79. The van der Waals surface area contributed by atoms with E-state index in [0.717, 1.165) is 32.1 Å². The van der Waals surface area contributed by atoms with Gasteiger partial charge in [0.15, 0.2) is 5.03 Å². The van der Waals surface area contributed by atoms with Gasteiger partial charge in [0.2, 0.25) is 0 Å². The third-order valence-electron chi connectivity index (χ3n) is 4.98. The molecule has 1 amide bonds. The van der Waals surface area contributed by atoms with Crippen molar-refractivity contribution in [2.45, 2.75) is 88.9 Å². The van der Waals surface area contributed by atoms with Crippen molar-refractivity contribution in [1.29, 1.82) is 0 Å². The number of hydrogen-bond acceptors (Lipinski definition) is 6. The fraction of sp³-hybridized carbons (Fsp3) is 0.700. The fourth-order valence-electron chi connectivity index (χ4n) is 3.64. The number of nitrogens with two attached hydrogens (primary N) is 1. The number of nitrogens with one attached hydrogen (secondary N) is 1.